The molecule has 3 rings (SSSR count). The Morgan fingerprint density at radius 2 is 1.77 bits per heavy atom. The monoisotopic (exact) mass is 451 g/mol. The van der Waals surface area contributed by atoms with E-state index in [-0.39, 0.29) is 4.90 Å². The molecule has 0 saturated heterocycles. The van der Waals surface area contributed by atoms with Crippen LogP contribution in [-0.4, -0.2) is 53.9 Å². The second-order valence-corrected chi connectivity index (χ2v) is 11.5. The van der Waals surface area contributed by atoms with Gasteiger partial charge >= 0.3 is 0 Å². The van der Waals surface area contributed by atoms with Crippen LogP contribution < -0.4 is 9.62 Å². The summed E-state index contributed by atoms with van der Waals surface area (Å²) in [5, 5.41) is 2.73. The molecule has 8 nitrogen and oxygen atoms in total. The highest BCUT2D eigenvalue weighted by molar-refractivity contribution is 7.92. The third-order valence-electron chi connectivity index (χ3n) is 5.02. The summed E-state index contributed by atoms with van der Waals surface area (Å²) in [6, 6.07) is 9.62. The van der Waals surface area contributed by atoms with Crippen molar-refractivity contribution in [1.82, 2.24) is 4.31 Å². The molecule has 162 valence electrons. The summed E-state index contributed by atoms with van der Waals surface area (Å²) < 4.78 is 51.4. The first-order chi connectivity index (χ1) is 13.9. The van der Waals surface area contributed by atoms with Gasteiger partial charge in [0.25, 0.3) is 5.91 Å². The van der Waals surface area contributed by atoms with E-state index in [0.717, 1.165) is 9.87 Å². The summed E-state index contributed by atoms with van der Waals surface area (Å²) in [5.74, 6) is -0.397. The third-order valence-corrected chi connectivity index (χ3v) is 8.16. The predicted octanol–water partition coefficient (Wildman–Crippen LogP) is 2.21. The van der Waals surface area contributed by atoms with Gasteiger partial charge in [-0.2, -0.15) is 0 Å². The number of nitrogens with zero attached hydrogens (tertiary/aromatic N) is 2. The Labute approximate surface area is 177 Å². The molecular weight excluding hydrogens is 426 g/mol. The number of anilines is 2. The van der Waals surface area contributed by atoms with Gasteiger partial charge in [0.2, 0.25) is 20.0 Å². The lowest BCUT2D eigenvalue weighted by Crippen LogP contribution is -2.34. The lowest BCUT2D eigenvalue weighted by Gasteiger charge is -2.29. The highest BCUT2D eigenvalue weighted by Gasteiger charge is 2.25. The first kappa shape index (κ1) is 22.3. The first-order valence-electron chi connectivity index (χ1n) is 9.36. The largest absolute Gasteiger partial charge is 0.322 e. The van der Waals surface area contributed by atoms with Gasteiger partial charge in [0, 0.05) is 31.9 Å². The lowest BCUT2D eigenvalue weighted by molar-refractivity contribution is 0.102. The van der Waals surface area contributed by atoms with Crippen molar-refractivity contribution >= 4 is 37.3 Å². The van der Waals surface area contributed by atoms with E-state index in [4.69, 9.17) is 0 Å². The fourth-order valence-corrected chi connectivity index (χ4v) is 5.54. The molecule has 0 radical (unpaired) electrons. The molecule has 30 heavy (non-hydrogen) atoms. The summed E-state index contributed by atoms with van der Waals surface area (Å²) in [4.78, 5) is 12.9. The second kappa shape index (κ2) is 8.01. The Hall–Kier alpha value is -2.43. The van der Waals surface area contributed by atoms with Gasteiger partial charge < -0.3 is 5.32 Å². The van der Waals surface area contributed by atoms with Crippen LogP contribution in [0.15, 0.2) is 41.3 Å². The van der Waals surface area contributed by atoms with Crippen LogP contribution in [0, 0.1) is 6.92 Å². The zero-order valence-electron chi connectivity index (χ0n) is 17.3. The second-order valence-electron chi connectivity index (χ2n) is 7.50. The molecule has 1 amide bonds. The van der Waals surface area contributed by atoms with Crippen LogP contribution in [0.1, 0.15) is 27.9 Å². The van der Waals surface area contributed by atoms with Crippen LogP contribution in [-0.2, 0) is 26.5 Å². The van der Waals surface area contributed by atoms with Crippen molar-refractivity contribution in [2.75, 3.05) is 36.5 Å². The normalized spacial score (nSPS) is 14.5. The lowest BCUT2D eigenvalue weighted by atomic mass is 10.0. The van der Waals surface area contributed by atoms with Crippen LogP contribution in [0.25, 0.3) is 0 Å². The number of hydrogen-bond acceptors (Lipinski definition) is 5. The van der Waals surface area contributed by atoms with E-state index in [9.17, 15) is 21.6 Å². The maximum Gasteiger partial charge on any atom is 0.255 e. The number of sulfonamides is 2. The number of rotatable bonds is 5. The van der Waals surface area contributed by atoms with Gasteiger partial charge in [-0.1, -0.05) is 6.07 Å². The number of fused-ring (bicyclic) bond motifs is 1. The Balaban J connectivity index is 1.89. The van der Waals surface area contributed by atoms with E-state index in [2.05, 4.69) is 5.32 Å². The topological polar surface area (TPSA) is 104 Å². The van der Waals surface area contributed by atoms with Crippen molar-refractivity contribution in [3.8, 4) is 0 Å². The first-order valence-corrected chi connectivity index (χ1v) is 12.7. The number of carbonyl (C=O) groups excluding carboxylic acids is 1. The van der Waals surface area contributed by atoms with Gasteiger partial charge in [-0.25, -0.2) is 21.1 Å². The minimum atomic E-state index is -3.64. The Morgan fingerprint density at radius 3 is 2.40 bits per heavy atom. The maximum absolute atomic E-state index is 12.8. The van der Waals surface area contributed by atoms with Crippen LogP contribution in [0.2, 0.25) is 0 Å². The molecule has 1 aliphatic heterocycles. The molecule has 0 spiro atoms. The highest BCUT2D eigenvalue weighted by Crippen LogP contribution is 2.30. The van der Waals surface area contributed by atoms with E-state index < -0.39 is 26.0 Å². The van der Waals surface area contributed by atoms with Crippen LogP contribution in [0.5, 0.6) is 0 Å². The van der Waals surface area contributed by atoms with Gasteiger partial charge in [0.05, 0.1) is 16.8 Å². The summed E-state index contributed by atoms with van der Waals surface area (Å²) in [6.07, 6.45) is 2.52. The van der Waals surface area contributed by atoms with E-state index in [1.165, 1.54) is 30.7 Å². The molecule has 2 aromatic carbocycles. The van der Waals surface area contributed by atoms with E-state index >= 15 is 0 Å². The summed E-state index contributed by atoms with van der Waals surface area (Å²) in [7, 11) is -4.12. The Bertz CT molecular complexity index is 1200. The van der Waals surface area contributed by atoms with Crippen LogP contribution >= 0.6 is 0 Å². The predicted molar refractivity (Wildman–Crippen MR) is 117 cm³/mol. The Morgan fingerprint density at radius 1 is 1.07 bits per heavy atom. The highest BCUT2D eigenvalue weighted by atomic mass is 32.2. The van der Waals surface area contributed by atoms with Gasteiger partial charge in [-0.05, 0) is 61.2 Å². The number of nitrogens with one attached hydrogen (secondary N) is 1. The fourth-order valence-electron chi connectivity index (χ4n) is 3.40. The van der Waals surface area contributed by atoms with Crippen molar-refractivity contribution in [2.24, 2.45) is 0 Å². The average molecular weight is 452 g/mol. The van der Waals surface area contributed by atoms with Crippen molar-refractivity contribution in [3.63, 3.8) is 0 Å². The number of benzene rings is 2. The molecule has 0 atom stereocenters. The average Bonchev–Trinajstić information content (AvgIpc) is 2.67. The SMILES string of the molecule is Cc1ccc(NC(=O)c2ccc3c(c2)CCCN3S(C)(=O)=O)cc1S(=O)(=O)N(C)C. The molecule has 1 heterocycles. The van der Waals surface area contributed by atoms with E-state index in [0.29, 0.717) is 41.9 Å². The molecule has 10 heteroatoms. The third kappa shape index (κ3) is 4.35. The van der Waals surface area contributed by atoms with Crippen molar-refractivity contribution in [1.29, 1.82) is 0 Å². The van der Waals surface area contributed by atoms with Crippen molar-refractivity contribution in [3.05, 3.63) is 53.1 Å². The molecule has 0 saturated carbocycles. The minimum Gasteiger partial charge on any atom is -0.322 e. The quantitative estimate of drug-likeness (QED) is 0.751. The zero-order chi connectivity index (χ0) is 22.3. The number of amides is 1. The molecule has 0 aromatic heterocycles. The molecule has 1 N–H and O–H groups in total. The van der Waals surface area contributed by atoms with Gasteiger partial charge in [-0.15, -0.1) is 0 Å². The summed E-state index contributed by atoms with van der Waals surface area (Å²) in [6.45, 7) is 2.11. The van der Waals surface area contributed by atoms with E-state index in [1.54, 1.807) is 37.3 Å². The number of carbonyl (C=O) groups is 1. The molecule has 2 aromatic rings. The number of aryl methyl sites for hydroxylation is 2. The van der Waals surface area contributed by atoms with Crippen molar-refractivity contribution in [2.45, 2.75) is 24.7 Å². The molecule has 0 bridgehead atoms. The minimum absolute atomic E-state index is 0.125. The summed E-state index contributed by atoms with van der Waals surface area (Å²) in [5.41, 5.74) is 2.70. The van der Waals surface area contributed by atoms with Gasteiger partial charge in [0.15, 0.2) is 0 Å². The van der Waals surface area contributed by atoms with Gasteiger partial charge in [-0.3, -0.25) is 9.10 Å². The fraction of sp³-hybridized carbons (Fsp3) is 0.350. The molecular formula is C20H25N3O5S2. The standard InChI is InChI=1S/C20H25N3O5S2/c1-14-7-9-17(13-19(14)30(27,28)22(2)3)21-20(24)16-8-10-18-15(12-16)6-5-11-23(18)29(4,25)26/h7-10,12-13H,5-6,11H2,1-4H3,(H,21,24). The molecule has 0 unspecified atom stereocenters. The summed E-state index contributed by atoms with van der Waals surface area (Å²) >= 11 is 0. The zero-order valence-corrected chi connectivity index (χ0v) is 19.0. The maximum atomic E-state index is 12.8. The molecule has 1 aliphatic rings. The van der Waals surface area contributed by atoms with Crippen LogP contribution in [0.3, 0.4) is 0 Å². The van der Waals surface area contributed by atoms with Gasteiger partial charge in [0.1, 0.15) is 0 Å². The molecule has 0 fully saturated rings. The van der Waals surface area contributed by atoms with Crippen LogP contribution in [0.4, 0.5) is 11.4 Å². The number of hydrogen-bond donors (Lipinski definition) is 1. The smallest absolute Gasteiger partial charge is 0.255 e. The van der Waals surface area contributed by atoms with E-state index in [1.807, 2.05) is 0 Å². The van der Waals surface area contributed by atoms with Crippen molar-refractivity contribution < 1.29 is 21.6 Å². The molecule has 0 aliphatic carbocycles. The Kier molecular flexibility index (Phi) is 5.94.